The Morgan fingerprint density at radius 1 is 0.737 bits per heavy atom. The van der Waals surface area contributed by atoms with Crippen molar-refractivity contribution in [1.82, 2.24) is 15.5 Å². The van der Waals surface area contributed by atoms with Crippen LogP contribution in [0.1, 0.15) is 39.9 Å². The van der Waals surface area contributed by atoms with Crippen LogP contribution in [0.3, 0.4) is 0 Å². The third-order valence-corrected chi connectivity index (χ3v) is 8.80. The van der Waals surface area contributed by atoms with Gasteiger partial charge in [0.05, 0.1) is 99.1 Å². The number of nitrogens with one attached hydrogen (secondary N) is 3. The number of hydrogen-bond acceptors (Lipinski definition) is 13. The smallest absolute Gasteiger partial charge is 0.319 e. The lowest BCUT2D eigenvalue weighted by molar-refractivity contribution is -0.137. The minimum Gasteiger partial charge on any atom is -0.379 e. The standard InChI is InChI=1S/C39H53ClN4O13/c40-32-24-29(5-7-50-9-11-52-13-15-54-17-19-56-21-22-57-20-18-55-16-14-53-12-10-51-8-6-45)25-33(26-32)42-39(49)41-27-30-1-2-34-31(23-30)28-44(38(34)48)35-3-4-36(46)43-37(35)47/h1-2,6,23-26,35H,3-5,7-22,27-28H2,(H2,41,42,49)(H,43,46,47). The summed E-state index contributed by atoms with van der Waals surface area (Å²) < 4.78 is 43.3. The second kappa shape index (κ2) is 26.8. The predicted molar refractivity (Wildman–Crippen MR) is 206 cm³/mol. The molecule has 18 heteroatoms. The molecule has 1 fully saturated rings. The van der Waals surface area contributed by atoms with Crippen LogP contribution >= 0.6 is 11.6 Å². The zero-order chi connectivity index (χ0) is 40.5. The van der Waals surface area contributed by atoms with Gasteiger partial charge >= 0.3 is 6.03 Å². The number of fused-ring (bicyclic) bond motifs is 1. The van der Waals surface area contributed by atoms with Gasteiger partial charge in [-0.1, -0.05) is 23.7 Å². The summed E-state index contributed by atoms with van der Waals surface area (Å²) in [5, 5.41) is 8.41. The van der Waals surface area contributed by atoms with E-state index in [1.165, 1.54) is 4.90 Å². The first kappa shape index (κ1) is 45.7. The van der Waals surface area contributed by atoms with E-state index in [1.54, 1.807) is 18.2 Å². The second-order valence-electron chi connectivity index (χ2n) is 12.8. The molecular formula is C39H53ClN4O13. The van der Waals surface area contributed by atoms with Gasteiger partial charge in [0, 0.05) is 35.8 Å². The Kier molecular flexibility index (Phi) is 21.5. The average Bonchev–Trinajstić information content (AvgIpc) is 3.51. The van der Waals surface area contributed by atoms with Gasteiger partial charge in [-0.3, -0.25) is 19.7 Å². The molecule has 0 aliphatic carbocycles. The van der Waals surface area contributed by atoms with Crippen molar-refractivity contribution in [3.63, 3.8) is 0 Å². The Labute approximate surface area is 337 Å². The summed E-state index contributed by atoms with van der Waals surface area (Å²) in [6, 6.07) is 9.50. The van der Waals surface area contributed by atoms with E-state index in [0.717, 1.165) is 16.7 Å². The molecule has 0 spiro atoms. The molecule has 0 saturated carbocycles. The van der Waals surface area contributed by atoms with E-state index in [0.29, 0.717) is 135 Å². The molecule has 2 heterocycles. The molecule has 0 aromatic heterocycles. The van der Waals surface area contributed by atoms with Crippen LogP contribution in [0, 0.1) is 0 Å². The van der Waals surface area contributed by atoms with Gasteiger partial charge < -0.3 is 58.2 Å². The Morgan fingerprint density at radius 3 is 1.86 bits per heavy atom. The topological polar surface area (TPSA) is 199 Å². The Bertz CT molecular complexity index is 1580. The van der Waals surface area contributed by atoms with Crippen LogP contribution in [0.15, 0.2) is 36.4 Å². The molecule has 0 bridgehead atoms. The fraction of sp³-hybridized carbons (Fsp3) is 0.564. The van der Waals surface area contributed by atoms with Crippen LogP contribution in [-0.4, -0.2) is 147 Å². The lowest BCUT2D eigenvalue weighted by atomic mass is 10.0. The zero-order valence-corrected chi connectivity index (χ0v) is 32.9. The van der Waals surface area contributed by atoms with Gasteiger partial charge in [0.25, 0.3) is 5.91 Å². The molecule has 2 aliphatic heterocycles. The quantitative estimate of drug-likeness (QED) is 0.0590. The van der Waals surface area contributed by atoms with Crippen LogP contribution < -0.4 is 16.0 Å². The van der Waals surface area contributed by atoms with Crippen LogP contribution in [0.2, 0.25) is 5.02 Å². The van der Waals surface area contributed by atoms with E-state index in [2.05, 4.69) is 16.0 Å². The minimum atomic E-state index is -0.684. The van der Waals surface area contributed by atoms with Crippen molar-refractivity contribution in [1.29, 1.82) is 0 Å². The molecule has 314 valence electrons. The Morgan fingerprint density at radius 2 is 1.30 bits per heavy atom. The average molecular weight is 821 g/mol. The largest absolute Gasteiger partial charge is 0.379 e. The maximum absolute atomic E-state index is 12.9. The Hall–Kier alpha value is -4.04. The highest BCUT2D eigenvalue weighted by atomic mass is 35.5. The highest BCUT2D eigenvalue weighted by Crippen LogP contribution is 2.28. The maximum atomic E-state index is 12.9. The number of halogens is 1. The number of hydrogen-bond donors (Lipinski definition) is 3. The minimum absolute atomic E-state index is 0.0831. The first-order chi connectivity index (χ1) is 27.8. The molecule has 17 nitrogen and oxygen atoms in total. The van der Waals surface area contributed by atoms with Crippen LogP contribution in [0.5, 0.6) is 0 Å². The molecule has 2 aromatic rings. The van der Waals surface area contributed by atoms with Gasteiger partial charge in [-0.05, 0) is 53.8 Å². The number of amides is 5. The van der Waals surface area contributed by atoms with Crippen molar-refractivity contribution in [2.24, 2.45) is 0 Å². The van der Waals surface area contributed by atoms with E-state index in [1.807, 2.05) is 18.2 Å². The first-order valence-electron chi connectivity index (χ1n) is 19.0. The number of anilines is 1. The first-order valence-corrected chi connectivity index (χ1v) is 19.4. The molecular weight excluding hydrogens is 768 g/mol. The zero-order valence-electron chi connectivity index (χ0n) is 32.1. The second-order valence-corrected chi connectivity index (χ2v) is 13.3. The number of carbonyl (C=O) groups excluding carboxylic acids is 5. The molecule has 2 aromatic carbocycles. The third kappa shape index (κ3) is 17.6. The van der Waals surface area contributed by atoms with Crippen molar-refractivity contribution < 1.29 is 61.9 Å². The van der Waals surface area contributed by atoms with Gasteiger partial charge in [-0.25, -0.2) is 4.79 Å². The molecule has 4 rings (SSSR count). The van der Waals surface area contributed by atoms with Gasteiger partial charge in [-0.15, -0.1) is 0 Å². The summed E-state index contributed by atoms with van der Waals surface area (Å²) in [5.74, 6) is -1.04. The van der Waals surface area contributed by atoms with E-state index >= 15 is 0 Å². The van der Waals surface area contributed by atoms with Crippen LogP contribution in [0.4, 0.5) is 10.5 Å². The van der Waals surface area contributed by atoms with Gasteiger partial charge in [0.2, 0.25) is 11.8 Å². The number of piperidine rings is 1. The fourth-order valence-electron chi connectivity index (χ4n) is 5.82. The summed E-state index contributed by atoms with van der Waals surface area (Å²) in [6.07, 6.45) is 1.77. The van der Waals surface area contributed by atoms with Crippen molar-refractivity contribution in [2.45, 2.75) is 38.4 Å². The van der Waals surface area contributed by atoms with Crippen molar-refractivity contribution in [3.05, 3.63) is 63.7 Å². The number of urea groups is 1. The number of imide groups is 1. The number of carbonyl (C=O) groups is 5. The van der Waals surface area contributed by atoms with E-state index in [-0.39, 0.29) is 37.9 Å². The highest BCUT2D eigenvalue weighted by molar-refractivity contribution is 6.31. The normalized spacial score (nSPS) is 15.1. The van der Waals surface area contributed by atoms with E-state index in [9.17, 15) is 24.0 Å². The molecule has 57 heavy (non-hydrogen) atoms. The van der Waals surface area contributed by atoms with Gasteiger partial charge in [0.15, 0.2) is 0 Å². The molecule has 1 atom stereocenters. The van der Waals surface area contributed by atoms with Crippen LogP contribution in [0.25, 0.3) is 0 Å². The van der Waals surface area contributed by atoms with E-state index < -0.39 is 18.0 Å². The van der Waals surface area contributed by atoms with Crippen LogP contribution in [-0.2, 0) is 71.8 Å². The number of rotatable bonds is 30. The van der Waals surface area contributed by atoms with Crippen molar-refractivity contribution >= 4 is 47.3 Å². The Balaban J connectivity index is 0.962. The number of nitrogens with zero attached hydrogens (tertiary/aromatic N) is 1. The monoisotopic (exact) mass is 820 g/mol. The van der Waals surface area contributed by atoms with Gasteiger partial charge in [-0.2, -0.15) is 0 Å². The maximum Gasteiger partial charge on any atom is 0.319 e. The summed E-state index contributed by atoms with van der Waals surface area (Å²) in [5.41, 5.74) is 3.49. The summed E-state index contributed by atoms with van der Waals surface area (Å²) in [6.45, 7) is 7.20. The molecule has 0 radical (unpaired) electrons. The summed E-state index contributed by atoms with van der Waals surface area (Å²) >= 11 is 6.32. The molecule has 1 unspecified atom stereocenters. The number of benzene rings is 2. The third-order valence-electron chi connectivity index (χ3n) is 8.58. The lowest BCUT2D eigenvalue weighted by Gasteiger charge is -2.29. The van der Waals surface area contributed by atoms with E-state index in [4.69, 9.17) is 49.5 Å². The predicted octanol–water partition coefficient (Wildman–Crippen LogP) is 2.30. The molecule has 5 amide bonds. The molecule has 1 saturated heterocycles. The van der Waals surface area contributed by atoms with Gasteiger partial charge in [0.1, 0.15) is 18.9 Å². The fourth-order valence-corrected chi connectivity index (χ4v) is 6.08. The summed E-state index contributed by atoms with van der Waals surface area (Å²) in [7, 11) is 0. The molecule has 2 aliphatic rings. The summed E-state index contributed by atoms with van der Waals surface area (Å²) in [4.78, 5) is 61.1. The van der Waals surface area contributed by atoms with Crippen molar-refractivity contribution in [2.75, 3.05) is 111 Å². The number of ether oxygens (including phenoxy) is 8. The van der Waals surface area contributed by atoms with Crippen molar-refractivity contribution in [3.8, 4) is 0 Å². The highest BCUT2D eigenvalue weighted by Gasteiger charge is 2.39. The SMILES string of the molecule is O=CCOCCOCCOCCOCCOCCOCCOCCOCCc1cc(Cl)cc(NC(=O)NCc2ccc3c(c2)CN(C2CCC(=O)NC2=O)C3=O)c1. The number of aldehydes is 1. The lowest BCUT2D eigenvalue weighted by Crippen LogP contribution is -2.52. The molecule has 3 N–H and O–H groups in total.